The van der Waals surface area contributed by atoms with Gasteiger partial charge in [-0.05, 0) is 24.1 Å². The van der Waals surface area contributed by atoms with Gasteiger partial charge in [0.2, 0.25) is 0 Å². The summed E-state index contributed by atoms with van der Waals surface area (Å²) in [4.78, 5) is 0.356. The topological polar surface area (TPSA) is 47.3 Å². The third-order valence-corrected chi connectivity index (χ3v) is 3.19. The number of hydrogen-bond acceptors (Lipinski definition) is 3. The van der Waals surface area contributed by atoms with Crippen LogP contribution in [0.15, 0.2) is 18.2 Å². The molecule has 0 spiro atoms. The molecule has 1 unspecified atom stereocenters. The van der Waals surface area contributed by atoms with Crippen molar-refractivity contribution in [3.63, 3.8) is 0 Å². The number of rotatable bonds is 6. The first kappa shape index (κ1) is 15.2. The first-order chi connectivity index (χ1) is 8.45. The predicted molar refractivity (Wildman–Crippen MR) is 81.5 cm³/mol. The second kappa shape index (κ2) is 6.92. The number of halogens is 1. The van der Waals surface area contributed by atoms with Crippen LogP contribution in [0.5, 0.6) is 0 Å². The van der Waals surface area contributed by atoms with Gasteiger partial charge in [0, 0.05) is 23.4 Å². The summed E-state index contributed by atoms with van der Waals surface area (Å²) in [6.07, 6.45) is 0. The summed E-state index contributed by atoms with van der Waals surface area (Å²) < 4.78 is 5.21. The third kappa shape index (κ3) is 4.12. The van der Waals surface area contributed by atoms with Crippen LogP contribution < -0.4 is 11.1 Å². The van der Waals surface area contributed by atoms with E-state index in [4.69, 9.17) is 34.3 Å². The molecule has 0 heterocycles. The van der Waals surface area contributed by atoms with Gasteiger partial charge in [-0.25, -0.2) is 0 Å². The zero-order chi connectivity index (χ0) is 13.7. The van der Waals surface area contributed by atoms with Crippen LogP contribution >= 0.6 is 23.8 Å². The normalized spacial score (nSPS) is 12.5. The Morgan fingerprint density at radius 3 is 2.67 bits per heavy atom. The molecule has 100 valence electrons. The van der Waals surface area contributed by atoms with Crippen LogP contribution in [-0.2, 0) is 4.74 Å². The van der Waals surface area contributed by atoms with Crippen molar-refractivity contribution in [1.82, 2.24) is 0 Å². The second-order valence-corrected chi connectivity index (χ2v) is 5.38. The summed E-state index contributed by atoms with van der Waals surface area (Å²) in [5, 5.41) is 4.04. The second-order valence-electron chi connectivity index (χ2n) is 4.50. The first-order valence-corrected chi connectivity index (χ1v) is 6.59. The molecule has 1 atom stereocenters. The molecule has 0 fully saturated rings. The van der Waals surface area contributed by atoms with E-state index < -0.39 is 0 Å². The smallest absolute Gasteiger partial charge is 0.106 e. The van der Waals surface area contributed by atoms with E-state index in [0.717, 1.165) is 11.3 Å². The lowest BCUT2D eigenvalue weighted by molar-refractivity contribution is 0.171. The van der Waals surface area contributed by atoms with Gasteiger partial charge in [0.1, 0.15) is 4.99 Å². The molecule has 3 N–H and O–H groups in total. The minimum atomic E-state index is 0.182. The lowest BCUT2D eigenvalue weighted by atomic mass is 10.0. The van der Waals surface area contributed by atoms with Crippen LogP contribution in [-0.4, -0.2) is 24.7 Å². The van der Waals surface area contributed by atoms with Crippen molar-refractivity contribution in [2.45, 2.75) is 19.9 Å². The quantitative estimate of drug-likeness (QED) is 0.789. The Balaban J connectivity index is 3.00. The maximum Gasteiger partial charge on any atom is 0.106 e. The Hall–Kier alpha value is -0.840. The highest BCUT2D eigenvalue weighted by atomic mass is 35.5. The van der Waals surface area contributed by atoms with Crippen LogP contribution in [0.25, 0.3) is 0 Å². The number of methoxy groups -OCH3 is 1. The van der Waals surface area contributed by atoms with Crippen molar-refractivity contribution in [1.29, 1.82) is 0 Å². The van der Waals surface area contributed by atoms with Crippen LogP contribution in [0, 0.1) is 5.92 Å². The Kier molecular flexibility index (Phi) is 5.85. The summed E-state index contributed by atoms with van der Waals surface area (Å²) in [6.45, 7) is 4.87. The molecule has 5 heteroatoms. The van der Waals surface area contributed by atoms with E-state index in [1.807, 2.05) is 12.1 Å². The standard InChI is InChI=1S/C13H19ClN2OS/c1-8(2)12(7-17-3)16-11-6-9(14)4-5-10(11)13(15)18/h4-6,8,12,16H,7H2,1-3H3,(H2,15,18). The van der Waals surface area contributed by atoms with Crippen molar-refractivity contribution >= 4 is 34.5 Å². The molecule has 0 aliphatic heterocycles. The van der Waals surface area contributed by atoms with E-state index in [-0.39, 0.29) is 6.04 Å². The van der Waals surface area contributed by atoms with E-state index in [0.29, 0.717) is 22.5 Å². The number of thiocarbonyl (C=S) groups is 1. The van der Waals surface area contributed by atoms with Crippen molar-refractivity contribution < 1.29 is 4.74 Å². The van der Waals surface area contributed by atoms with Crippen molar-refractivity contribution in [3.05, 3.63) is 28.8 Å². The zero-order valence-electron chi connectivity index (χ0n) is 10.9. The van der Waals surface area contributed by atoms with Crippen LogP contribution in [0.3, 0.4) is 0 Å². The monoisotopic (exact) mass is 286 g/mol. The molecule has 1 rings (SSSR count). The number of anilines is 1. The summed E-state index contributed by atoms with van der Waals surface area (Å²) >= 11 is 11.0. The fourth-order valence-corrected chi connectivity index (χ4v) is 1.98. The molecule has 3 nitrogen and oxygen atoms in total. The lowest BCUT2D eigenvalue weighted by Gasteiger charge is -2.24. The highest BCUT2D eigenvalue weighted by molar-refractivity contribution is 7.80. The van der Waals surface area contributed by atoms with E-state index in [9.17, 15) is 0 Å². The van der Waals surface area contributed by atoms with Crippen molar-refractivity contribution in [2.75, 3.05) is 19.0 Å². The van der Waals surface area contributed by atoms with Crippen molar-refractivity contribution in [2.24, 2.45) is 11.7 Å². The van der Waals surface area contributed by atoms with E-state index in [1.54, 1.807) is 13.2 Å². The third-order valence-electron chi connectivity index (χ3n) is 2.74. The van der Waals surface area contributed by atoms with Gasteiger partial charge in [0.15, 0.2) is 0 Å². The first-order valence-electron chi connectivity index (χ1n) is 5.80. The van der Waals surface area contributed by atoms with Crippen LogP contribution in [0.2, 0.25) is 5.02 Å². The molecular weight excluding hydrogens is 268 g/mol. The fraction of sp³-hybridized carbons (Fsp3) is 0.462. The Morgan fingerprint density at radius 2 is 2.17 bits per heavy atom. The molecule has 1 aromatic carbocycles. The predicted octanol–water partition coefficient (Wildman–Crippen LogP) is 3.06. The Labute approximate surface area is 119 Å². The van der Waals surface area contributed by atoms with E-state index in [1.165, 1.54) is 0 Å². The summed E-state index contributed by atoms with van der Waals surface area (Å²) in [5.41, 5.74) is 7.36. The molecule has 0 amide bonds. The number of hydrogen-bond donors (Lipinski definition) is 2. The minimum Gasteiger partial charge on any atom is -0.389 e. The molecule has 0 bridgehead atoms. The van der Waals surface area contributed by atoms with E-state index in [2.05, 4.69) is 19.2 Å². The van der Waals surface area contributed by atoms with Gasteiger partial charge in [0.05, 0.1) is 12.6 Å². The number of nitrogens with one attached hydrogen (secondary N) is 1. The molecule has 0 aliphatic carbocycles. The number of benzene rings is 1. The van der Waals surface area contributed by atoms with Gasteiger partial charge in [-0.3, -0.25) is 0 Å². The SMILES string of the molecule is COCC(Nc1cc(Cl)ccc1C(N)=S)C(C)C. The maximum atomic E-state index is 6.01. The molecule has 0 aliphatic rings. The highest BCUT2D eigenvalue weighted by Crippen LogP contribution is 2.23. The molecule has 0 aromatic heterocycles. The van der Waals surface area contributed by atoms with Gasteiger partial charge in [0.25, 0.3) is 0 Å². The molecule has 1 aromatic rings. The Bertz CT molecular complexity index is 423. The summed E-state index contributed by atoms with van der Waals surface area (Å²) in [7, 11) is 1.68. The zero-order valence-corrected chi connectivity index (χ0v) is 12.4. The van der Waals surface area contributed by atoms with Crippen molar-refractivity contribution in [3.8, 4) is 0 Å². The van der Waals surface area contributed by atoms with Gasteiger partial charge in [-0.2, -0.15) is 0 Å². The van der Waals surface area contributed by atoms with Gasteiger partial charge < -0.3 is 15.8 Å². The van der Waals surface area contributed by atoms with Gasteiger partial charge in [-0.15, -0.1) is 0 Å². The Morgan fingerprint density at radius 1 is 1.50 bits per heavy atom. The molecule has 0 radical (unpaired) electrons. The molecular formula is C13H19ClN2OS. The van der Waals surface area contributed by atoms with Gasteiger partial charge in [-0.1, -0.05) is 37.7 Å². The summed E-state index contributed by atoms with van der Waals surface area (Å²) in [5.74, 6) is 0.420. The minimum absolute atomic E-state index is 0.182. The lowest BCUT2D eigenvalue weighted by Crippen LogP contribution is -2.31. The number of nitrogens with two attached hydrogens (primary N) is 1. The largest absolute Gasteiger partial charge is 0.389 e. The van der Waals surface area contributed by atoms with Crippen LogP contribution in [0.4, 0.5) is 5.69 Å². The number of ether oxygens (including phenoxy) is 1. The molecule has 0 saturated carbocycles. The average molecular weight is 287 g/mol. The van der Waals surface area contributed by atoms with Gasteiger partial charge >= 0.3 is 0 Å². The molecule has 0 saturated heterocycles. The van der Waals surface area contributed by atoms with E-state index >= 15 is 0 Å². The average Bonchev–Trinajstić information content (AvgIpc) is 2.28. The molecule has 18 heavy (non-hydrogen) atoms. The fourth-order valence-electron chi connectivity index (χ4n) is 1.63. The highest BCUT2D eigenvalue weighted by Gasteiger charge is 2.15. The summed E-state index contributed by atoms with van der Waals surface area (Å²) in [6, 6.07) is 5.63. The maximum absolute atomic E-state index is 6.01. The van der Waals surface area contributed by atoms with Crippen LogP contribution in [0.1, 0.15) is 19.4 Å².